The summed E-state index contributed by atoms with van der Waals surface area (Å²) in [5.74, 6) is 0.899. The Bertz CT molecular complexity index is 496. The second-order valence-corrected chi connectivity index (χ2v) is 5.72. The predicted octanol–water partition coefficient (Wildman–Crippen LogP) is 2.72. The zero-order valence-corrected chi connectivity index (χ0v) is 11.6. The van der Waals surface area contributed by atoms with Crippen molar-refractivity contribution < 1.29 is 4.79 Å². The van der Waals surface area contributed by atoms with Crippen molar-refractivity contribution in [3.05, 3.63) is 29.3 Å². The average molecular weight is 259 g/mol. The van der Waals surface area contributed by atoms with Gasteiger partial charge in [0.2, 0.25) is 0 Å². The Balaban J connectivity index is 1.83. The lowest BCUT2D eigenvalue weighted by molar-refractivity contribution is 0.218. The number of hydrogen-bond donors (Lipinski definition) is 2. The van der Waals surface area contributed by atoms with Crippen LogP contribution in [0.4, 0.5) is 10.5 Å². The monoisotopic (exact) mass is 259 g/mol. The number of hydrogen-bond acceptors (Lipinski definition) is 2. The molecule has 1 atom stereocenters. The molecule has 0 bridgehead atoms. The van der Waals surface area contributed by atoms with Gasteiger partial charge in [0.25, 0.3) is 0 Å². The van der Waals surface area contributed by atoms with Crippen molar-refractivity contribution in [1.82, 2.24) is 10.2 Å². The highest BCUT2D eigenvalue weighted by molar-refractivity contribution is 5.92. The minimum absolute atomic E-state index is 0.0246. The van der Waals surface area contributed by atoms with Gasteiger partial charge in [-0.3, -0.25) is 0 Å². The van der Waals surface area contributed by atoms with Crippen molar-refractivity contribution >= 4 is 11.7 Å². The Morgan fingerprint density at radius 3 is 2.95 bits per heavy atom. The van der Waals surface area contributed by atoms with Crippen molar-refractivity contribution in [3.8, 4) is 0 Å². The molecule has 1 saturated carbocycles. The highest BCUT2D eigenvalue weighted by Gasteiger charge is 2.26. The van der Waals surface area contributed by atoms with E-state index in [-0.39, 0.29) is 6.03 Å². The zero-order valence-electron chi connectivity index (χ0n) is 11.6. The summed E-state index contributed by atoms with van der Waals surface area (Å²) in [7, 11) is 3.85. The Hall–Kier alpha value is -1.55. The van der Waals surface area contributed by atoms with Crippen LogP contribution >= 0.6 is 0 Å². The zero-order chi connectivity index (χ0) is 13.4. The van der Waals surface area contributed by atoms with Crippen LogP contribution in [0.1, 0.15) is 36.4 Å². The number of anilines is 1. The Labute approximate surface area is 114 Å². The van der Waals surface area contributed by atoms with E-state index >= 15 is 0 Å². The molecule has 1 heterocycles. The molecule has 0 saturated heterocycles. The summed E-state index contributed by atoms with van der Waals surface area (Å²) in [6.07, 6.45) is 3.97. The number of amides is 2. The maximum absolute atomic E-state index is 11.6. The maximum Gasteiger partial charge on any atom is 0.321 e. The van der Waals surface area contributed by atoms with Gasteiger partial charge < -0.3 is 15.5 Å². The van der Waals surface area contributed by atoms with E-state index in [1.165, 1.54) is 30.4 Å². The molecule has 2 amide bonds. The number of rotatable bonds is 4. The Morgan fingerprint density at radius 2 is 2.26 bits per heavy atom. The van der Waals surface area contributed by atoms with Crippen LogP contribution in [0.3, 0.4) is 0 Å². The summed E-state index contributed by atoms with van der Waals surface area (Å²) >= 11 is 0. The van der Waals surface area contributed by atoms with Gasteiger partial charge in [-0.15, -0.1) is 0 Å². The molecular formula is C15H21N3O. The summed E-state index contributed by atoms with van der Waals surface area (Å²) in [5, 5.41) is 6.33. The van der Waals surface area contributed by atoms with Crippen molar-refractivity contribution in [2.24, 2.45) is 5.92 Å². The fourth-order valence-electron chi connectivity index (χ4n) is 2.73. The van der Waals surface area contributed by atoms with E-state index < -0.39 is 0 Å². The molecule has 0 aromatic heterocycles. The third-order valence-corrected chi connectivity index (χ3v) is 4.14. The number of nitrogens with one attached hydrogen (secondary N) is 2. The van der Waals surface area contributed by atoms with Gasteiger partial charge in [0.1, 0.15) is 0 Å². The number of benzene rings is 1. The van der Waals surface area contributed by atoms with Crippen molar-refractivity contribution in [3.63, 3.8) is 0 Å². The van der Waals surface area contributed by atoms with Crippen LogP contribution in [0.5, 0.6) is 0 Å². The Kier molecular flexibility index (Phi) is 3.19. The van der Waals surface area contributed by atoms with E-state index in [1.54, 1.807) is 4.90 Å². The van der Waals surface area contributed by atoms with Crippen molar-refractivity contribution in [1.29, 1.82) is 0 Å². The molecule has 4 nitrogen and oxygen atoms in total. The van der Waals surface area contributed by atoms with Crippen LogP contribution < -0.4 is 10.6 Å². The minimum Gasteiger partial charge on any atom is -0.323 e. The number of carbonyl (C=O) groups excluding carboxylic acids is 1. The largest absolute Gasteiger partial charge is 0.323 e. The first-order valence-electron chi connectivity index (χ1n) is 6.99. The maximum atomic E-state index is 11.6. The van der Waals surface area contributed by atoms with Gasteiger partial charge >= 0.3 is 6.03 Å². The molecule has 1 aromatic carbocycles. The molecule has 4 heteroatoms. The molecule has 102 valence electrons. The van der Waals surface area contributed by atoms with Gasteiger partial charge in [-0.25, -0.2) is 4.79 Å². The molecule has 3 rings (SSSR count). The van der Waals surface area contributed by atoms with E-state index in [2.05, 4.69) is 22.8 Å². The van der Waals surface area contributed by atoms with Gasteiger partial charge in [-0.1, -0.05) is 25.0 Å². The third kappa shape index (κ3) is 2.59. The molecular weight excluding hydrogens is 238 g/mol. The van der Waals surface area contributed by atoms with E-state index in [0.717, 1.165) is 11.6 Å². The van der Waals surface area contributed by atoms with Gasteiger partial charge in [0, 0.05) is 25.3 Å². The summed E-state index contributed by atoms with van der Waals surface area (Å²) in [6, 6.07) is 6.81. The van der Waals surface area contributed by atoms with Crippen LogP contribution in [0.2, 0.25) is 0 Å². The van der Waals surface area contributed by atoms with Gasteiger partial charge in [-0.05, 0) is 36.6 Å². The van der Waals surface area contributed by atoms with Crippen LogP contribution in [-0.4, -0.2) is 25.0 Å². The van der Waals surface area contributed by atoms with E-state index in [0.29, 0.717) is 12.6 Å². The second kappa shape index (κ2) is 4.85. The lowest BCUT2D eigenvalue weighted by Crippen LogP contribution is -2.35. The summed E-state index contributed by atoms with van der Waals surface area (Å²) in [4.78, 5) is 13.3. The average Bonchev–Trinajstić information content (AvgIpc) is 3.21. The lowest BCUT2D eigenvalue weighted by atomic mass is 9.97. The highest BCUT2D eigenvalue weighted by Crippen LogP contribution is 2.38. The molecule has 1 fully saturated rings. The molecule has 0 spiro atoms. The normalized spacial score (nSPS) is 19.9. The molecule has 2 N–H and O–H groups in total. The first kappa shape index (κ1) is 12.5. The number of urea groups is 1. The molecule has 19 heavy (non-hydrogen) atoms. The minimum atomic E-state index is -0.0246. The quantitative estimate of drug-likeness (QED) is 0.873. The van der Waals surface area contributed by atoms with Crippen LogP contribution in [-0.2, 0) is 6.54 Å². The first-order valence-corrected chi connectivity index (χ1v) is 6.99. The summed E-state index contributed by atoms with van der Waals surface area (Å²) < 4.78 is 0. The molecule has 1 aliphatic carbocycles. The fourth-order valence-corrected chi connectivity index (χ4v) is 2.73. The highest BCUT2D eigenvalue weighted by atomic mass is 16.2. The summed E-state index contributed by atoms with van der Waals surface area (Å²) in [6.45, 7) is 0.689. The Morgan fingerprint density at radius 1 is 1.47 bits per heavy atom. The second-order valence-electron chi connectivity index (χ2n) is 5.72. The van der Waals surface area contributed by atoms with Crippen LogP contribution in [0.15, 0.2) is 18.2 Å². The van der Waals surface area contributed by atoms with Gasteiger partial charge in [0.05, 0.1) is 0 Å². The van der Waals surface area contributed by atoms with E-state index in [4.69, 9.17) is 0 Å². The number of carbonyl (C=O) groups is 1. The molecule has 1 aliphatic heterocycles. The number of nitrogens with zero attached hydrogens (tertiary/aromatic N) is 1. The predicted molar refractivity (Wildman–Crippen MR) is 76.1 cm³/mol. The molecule has 0 radical (unpaired) electrons. The van der Waals surface area contributed by atoms with Crippen LogP contribution in [0, 0.1) is 5.92 Å². The SMILES string of the molecule is CNC(CC1CC1)c1ccc2c(c1)CN(C)C(=O)N2. The lowest BCUT2D eigenvalue weighted by Gasteiger charge is -2.27. The molecule has 1 aromatic rings. The summed E-state index contributed by atoms with van der Waals surface area (Å²) in [5.41, 5.74) is 3.49. The van der Waals surface area contributed by atoms with Crippen molar-refractivity contribution in [2.75, 3.05) is 19.4 Å². The standard InChI is InChI=1S/C15H21N3O/c1-16-14(7-10-3-4-10)11-5-6-13-12(8-11)9-18(2)15(19)17-13/h5-6,8,10,14,16H,3-4,7,9H2,1-2H3,(H,17,19). The van der Waals surface area contributed by atoms with E-state index in [1.807, 2.05) is 20.2 Å². The third-order valence-electron chi connectivity index (χ3n) is 4.14. The van der Waals surface area contributed by atoms with Gasteiger partial charge in [0.15, 0.2) is 0 Å². The molecule has 1 unspecified atom stereocenters. The smallest absolute Gasteiger partial charge is 0.321 e. The first-order chi connectivity index (χ1) is 9.17. The van der Waals surface area contributed by atoms with Gasteiger partial charge in [-0.2, -0.15) is 0 Å². The fraction of sp³-hybridized carbons (Fsp3) is 0.533. The van der Waals surface area contributed by atoms with E-state index in [9.17, 15) is 4.79 Å². The molecule has 2 aliphatic rings. The van der Waals surface area contributed by atoms with Crippen molar-refractivity contribution in [2.45, 2.75) is 31.8 Å². The topological polar surface area (TPSA) is 44.4 Å². The number of fused-ring (bicyclic) bond motifs is 1. The van der Waals surface area contributed by atoms with Crippen LogP contribution in [0.25, 0.3) is 0 Å².